The van der Waals surface area contributed by atoms with Gasteiger partial charge < -0.3 is 15.3 Å². The van der Waals surface area contributed by atoms with Gasteiger partial charge in [-0.1, -0.05) is 19.8 Å². The molecule has 0 bridgehead atoms. The Hall–Kier alpha value is -0.120. The van der Waals surface area contributed by atoms with Crippen LogP contribution in [0.4, 0.5) is 0 Å². The van der Waals surface area contributed by atoms with Crippen LogP contribution in [0, 0.1) is 5.92 Å². The molecule has 2 atom stereocenters. The van der Waals surface area contributed by atoms with E-state index in [1.165, 1.54) is 32.2 Å². The van der Waals surface area contributed by atoms with Gasteiger partial charge in [0.2, 0.25) is 0 Å². The van der Waals surface area contributed by atoms with E-state index in [0.717, 1.165) is 38.4 Å². The molecule has 2 aliphatic rings. The van der Waals surface area contributed by atoms with E-state index in [1.54, 1.807) is 0 Å². The largest absolute Gasteiger partial charge is 0.389 e. The fourth-order valence-electron chi connectivity index (χ4n) is 3.74. The van der Waals surface area contributed by atoms with Crippen molar-refractivity contribution in [3.8, 4) is 0 Å². The highest BCUT2D eigenvalue weighted by Gasteiger charge is 2.35. The molecule has 2 rings (SSSR count). The first kappa shape index (κ1) is 14.3. The maximum absolute atomic E-state index is 10.5. The SMILES string of the molecule is CCNC(C)C1CCCN(CC2(O)CCCC2)C1. The molecule has 3 heteroatoms. The van der Waals surface area contributed by atoms with Crippen molar-refractivity contribution in [3.63, 3.8) is 0 Å². The average molecular weight is 254 g/mol. The summed E-state index contributed by atoms with van der Waals surface area (Å²) < 4.78 is 0. The molecular formula is C15H30N2O. The van der Waals surface area contributed by atoms with Gasteiger partial charge in [-0.25, -0.2) is 0 Å². The minimum Gasteiger partial charge on any atom is -0.389 e. The Morgan fingerprint density at radius 1 is 1.33 bits per heavy atom. The first-order valence-electron chi connectivity index (χ1n) is 7.81. The summed E-state index contributed by atoms with van der Waals surface area (Å²) in [5.41, 5.74) is -0.372. The predicted molar refractivity (Wildman–Crippen MR) is 75.7 cm³/mol. The lowest BCUT2D eigenvalue weighted by Crippen LogP contribution is -2.49. The highest BCUT2D eigenvalue weighted by atomic mass is 16.3. The van der Waals surface area contributed by atoms with Crippen molar-refractivity contribution in [1.82, 2.24) is 10.2 Å². The van der Waals surface area contributed by atoms with E-state index in [0.29, 0.717) is 6.04 Å². The number of hydrogen-bond acceptors (Lipinski definition) is 3. The van der Waals surface area contributed by atoms with Crippen molar-refractivity contribution in [2.45, 2.75) is 64.0 Å². The van der Waals surface area contributed by atoms with Crippen LogP contribution in [0.5, 0.6) is 0 Å². The van der Waals surface area contributed by atoms with Gasteiger partial charge in [-0.3, -0.25) is 0 Å². The zero-order valence-corrected chi connectivity index (χ0v) is 12.1. The molecule has 1 saturated heterocycles. The molecule has 1 saturated carbocycles. The van der Waals surface area contributed by atoms with Gasteiger partial charge in [0.05, 0.1) is 5.60 Å². The van der Waals surface area contributed by atoms with Gasteiger partial charge in [0, 0.05) is 19.1 Å². The molecule has 2 fully saturated rings. The van der Waals surface area contributed by atoms with Crippen LogP contribution in [-0.4, -0.2) is 47.8 Å². The number of nitrogens with zero attached hydrogens (tertiary/aromatic N) is 1. The summed E-state index contributed by atoms with van der Waals surface area (Å²) >= 11 is 0. The lowest BCUT2D eigenvalue weighted by Gasteiger charge is -2.39. The summed E-state index contributed by atoms with van der Waals surface area (Å²) in [7, 11) is 0. The number of likely N-dealkylation sites (tertiary alicyclic amines) is 1. The van der Waals surface area contributed by atoms with E-state index in [1.807, 2.05) is 0 Å². The maximum atomic E-state index is 10.5. The molecule has 0 radical (unpaired) electrons. The summed E-state index contributed by atoms with van der Waals surface area (Å²) in [4.78, 5) is 2.51. The molecule has 106 valence electrons. The third-order valence-electron chi connectivity index (χ3n) is 4.83. The number of nitrogens with one attached hydrogen (secondary N) is 1. The van der Waals surface area contributed by atoms with Crippen molar-refractivity contribution < 1.29 is 5.11 Å². The molecule has 0 aromatic rings. The molecule has 1 aliphatic heterocycles. The zero-order valence-electron chi connectivity index (χ0n) is 12.1. The van der Waals surface area contributed by atoms with Crippen LogP contribution in [0.2, 0.25) is 0 Å². The number of rotatable bonds is 5. The highest BCUT2D eigenvalue weighted by molar-refractivity contribution is 4.90. The van der Waals surface area contributed by atoms with Crippen LogP contribution in [0.1, 0.15) is 52.4 Å². The summed E-state index contributed by atoms with van der Waals surface area (Å²) in [6.45, 7) is 8.79. The zero-order chi connectivity index (χ0) is 13.0. The monoisotopic (exact) mass is 254 g/mol. The van der Waals surface area contributed by atoms with Gasteiger partial charge in [0.1, 0.15) is 0 Å². The van der Waals surface area contributed by atoms with E-state index in [4.69, 9.17) is 0 Å². The van der Waals surface area contributed by atoms with Crippen molar-refractivity contribution in [2.24, 2.45) is 5.92 Å². The molecule has 0 aromatic heterocycles. The van der Waals surface area contributed by atoms with Gasteiger partial charge in [0.25, 0.3) is 0 Å². The van der Waals surface area contributed by atoms with Crippen molar-refractivity contribution in [2.75, 3.05) is 26.2 Å². The van der Waals surface area contributed by atoms with Gasteiger partial charge >= 0.3 is 0 Å². The van der Waals surface area contributed by atoms with E-state index in [2.05, 4.69) is 24.1 Å². The van der Waals surface area contributed by atoms with Crippen LogP contribution < -0.4 is 5.32 Å². The third kappa shape index (κ3) is 3.69. The van der Waals surface area contributed by atoms with Crippen LogP contribution >= 0.6 is 0 Å². The lowest BCUT2D eigenvalue weighted by molar-refractivity contribution is -0.00443. The fraction of sp³-hybridized carbons (Fsp3) is 1.00. The number of piperidine rings is 1. The molecule has 18 heavy (non-hydrogen) atoms. The highest BCUT2D eigenvalue weighted by Crippen LogP contribution is 2.31. The molecule has 1 heterocycles. The van der Waals surface area contributed by atoms with Crippen LogP contribution in [0.15, 0.2) is 0 Å². The average Bonchev–Trinajstić information content (AvgIpc) is 2.76. The molecular weight excluding hydrogens is 224 g/mol. The van der Waals surface area contributed by atoms with E-state index in [9.17, 15) is 5.11 Å². The molecule has 0 aromatic carbocycles. The number of β-amino-alcohol motifs (C(OH)–C–C–N with tert-alkyl or cyclic N) is 1. The second-order valence-electron chi connectivity index (χ2n) is 6.42. The topological polar surface area (TPSA) is 35.5 Å². The standard InChI is InChI=1S/C15H30N2O/c1-3-16-13(2)14-7-6-10-17(11-14)12-15(18)8-4-5-9-15/h13-14,16,18H,3-12H2,1-2H3. The van der Waals surface area contributed by atoms with Crippen molar-refractivity contribution in [3.05, 3.63) is 0 Å². The Morgan fingerprint density at radius 3 is 2.72 bits per heavy atom. The minimum absolute atomic E-state index is 0.372. The molecule has 2 unspecified atom stereocenters. The molecule has 2 N–H and O–H groups in total. The quantitative estimate of drug-likeness (QED) is 0.788. The Bertz CT molecular complexity index is 251. The second-order valence-corrected chi connectivity index (χ2v) is 6.42. The molecule has 1 aliphatic carbocycles. The number of aliphatic hydroxyl groups is 1. The summed E-state index contributed by atoms with van der Waals surface area (Å²) in [5.74, 6) is 0.753. The molecule has 0 spiro atoms. The van der Waals surface area contributed by atoms with E-state index in [-0.39, 0.29) is 5.60 Å². The molecule has 0 amide bonds. The van der Waals surface area contributed by atoms with Gasteiger partial charge in [0.15, 0.2) is 0 Å². The Morgan fingerprint density at radius 2 is 2.06 bits per heavy atom. The second kappa shape index (κ2) is 6.36. The summed E-state index contributed by atoms with van der Waals surface area (Å²) in [5, 5.41) is 14.1. The fourth-order valence-corrected chi connectivity index (χ4v) is 3.74. The summed E-state index contributed by atoms with van der Waals surface area (Å²) in [6, 6.07) is 0.607. The molecule has 3 nitrogen and oxygen atoms in total. The number of hydrogen-bond donors (Lipinski definition) is 2. The first-order chi connectivity index (χ1) is 8.63. The maximum Gasteiger partial charge on any atom is 0.0774 e. The van der Waals surface area contributed by atoms with Crippen LogP contribution in [0.25, 0.3) is 0 Å². The predicted octanol–water partition coefficient (Wildman–Crippen LogP) is 2.00. The summed E-state index contributed by atoms with van der Waals surface area (Å²) in [6.07, 6.45) is 7.07. The normalized spacial score (nSPS) is 30.5. The van der Waals surface area contributed by atoms with E-state index < -0.39 is 0 Å². The Labute approximate surface area is 112 Å². The van der Waals surface area contributed by atoms with Crippen molar-refractivity contribution in [1.29, 1.82) is 0 Å². The Kier molecular flexibility index (Phi) is 5.05. The van der Waals surface area contributed by atoms with Crippen LogP contribution in [0.3, 0.4) is 0 Å². The smallest absolute Gasteiger partial charge is 0.0774 e. The third-order valence-corrected chi connectivity index (χ3v) is 4.83. The van der Waals surface area contributed by atoms with Gasteiger partial charge in [-0.05, 0) is 51.6 Å². The van der Waals surface area contributed by atoms with Gasteiger partial charge in [-0.2, -0.15) is 0 Å². The van der Waals surface area contributed by atoms with Crippen molar-refractivity contribution >= 4 is 0 Å². The lowest BCUT2D eigenvalue weighted by atomic mass is 9.90. The van der Waals surface area contributed by atoms with E-state index >= 15 is 0 Å². The first-order valence-corrected chi connectivity index (χ1v) is 7.81. The minimum atomic E-state index is -0.372. The van der Waals surface area contributed by atoms with Crippen LogP contribution in [-0.2, 0) is 0 Å². The Balaban J connectivity index is 1.82. The van der Waals surface area contributed by atoms with Gasteiger partial charge in [-0.15, -0.1) is 0 Å².